The lowest BCUT2D eigenvalue weighted by molar-refractivity contribution is -0.143. The van der Waals surface area contributed by atoms with Gasteiger partial charge in [-0.3, -0.25) is 9.59 Å². The van der Waals surface area contributed by atoms with Crippen molar-refractivity contribution in [1.29, 1.82) is 0 Å². The monoisotopic (exact) mass is 788 g/mol. The smallest absolute Gasteiger partial charge is 0.305 e. The van der Waals surface area contributed by atoms with Crippen molar-refractivity contribution in [2.24, 2.45) is 0 Å². The van der Waals surface area contributed by atoms with Gasteiger partial charge in [-0.05, 0) is 83.5 Å². The Balaban J connectivity index is 3.48. The number of amides is 1. The number of nitrogens with one attached hydrogen (secondary N) is 1. The summed E-state index contributed by atoms with van der Waals surface area (Å²) in [5.74, 6) is -0.103. The van der Waals surface area contributed by atoms with E-state index in [1.165, 1.54) is 154 Å². The van der Waals surface area contributed by atoms with Gasteiger partial charge in [0, 0.05) is 12.8 Å². The fourth-order valence-electron chi connectivity index (χ4n) is 7.09. The van der Waals surface area contributed by atoms with Gasteiger partial charge >= 0.3 is 5.97 Å². The van der Waals surface area contributed by atoms with Gasteiger partial charge in [0.2, 0.25) is 5.91 Å². The Morgan fingerprint density at radius 3 is 1.27 bits per heavy atom. The van der Waals surface area contributed by atoms with Crippen LogP contribution in [0.15, 0.2) is 36.5 Å². The molecule has 0 rings (SSSR count). The quantitative estimate of drug-likeness (QED) is 0.0325. The summed E-state index contributed by atoms with van der Waals surface area (Å²) >= 11 is 0. The van der Waals surface area contributed by atoms with E-state index in [0.717, 1.165) is 64.2 Å². The molecule has 328 valence electrons. The van der Waals surface area contributed by atoms with Crippen LogP contribution in [0.1, 0.15) is 245 Å². The number of hydrogen-bond acceptors (Lipinski definition) is 5. The standard InChI is InChI=1S/C50H93NO5/c1-3-5-7-9-11-13-14-15-21-24-28-32-36-40-44-50(55)56-45-41-37-33-29-25-22-19-17-16-18-20-23-27-31-35-39-43-49(54)51-47(46-52)48(53)42-38-34-30-26-12-10-8-6-4-2/h14-16,18,38,42,47-48,52-53H,3-13,17,19-37,39-41,43-46H2,1-2H3,(H,51,54)/b15-14-,18-16-,42-38+. The van der Waals surface area contributed by atoms with E-state index in [9.17, 15) is 19.8 Å². The molecule has 2 unspecified atom stereocenters. The van der Waals surface area contributed by atoms with Crippen LogP contribution in [0.4, 0.5) is 0 Å². The molecule has 56 heavy (non-hydrogen) atoms. The van der Waals surface area contributed by atoms with E-state index in [4.69, 9.17) is 4.74 Å². The van der Waals surface area contributed by atoms with E-state index in [1.807, 2.05) is 6.08 Å². The van der Waals surface area contributed by atoms with Crippen LogP contribution in [-0.4, -0.2) is 47.4 Å². The minimum atomic E-state index is -0.852. The average Bonchev–Trinajstić information content (AvgIpc) is 3.20. The van der Waals surface area contributed by atoms with Crippen LogP contribution < -0.4 is 5.32 Å². The molecule has 0 aliphatic carbocycles. The Bertz CT molecular complexity index is 915. The van der Waals surface area contributed by atoms with Crippen molar-refractivity contribution in [2.45, 2.75) is 257 Å². The number of allylic oxidation sites excluding steroid dienone is 5. The molecule has 0 spiro atoms. The second kappa shape index (κ2) is 45.8. The Labute approximate surface area is 347 Å². The molecule has 0 aromatic rings. The molecule has 0 radical (unpaired) electrons. The summed E-state index contributed by atoms with van der Waals surface area (Å²) in [5, 5.41) is 22.9. The van der Waals surface area contributed by atoms with Crippen molar-refractivity contribution < 1.29 is 24.5 Å². The predicted molar refractivity (Wildman–Crippen MR) is 241 cm³/mol. The van der Waals surface area contributed by atoms with Gasteiger partial charge in [0.05, 0.1) is 25.4 Å². The Morgan fingerprint density at radius 2 is 0.839 bits per heavy atom. The fraction of sp³-hybridized carbons (Fsp3) is 0.840. The number of unbranched alkanes of at least 4 members (excludes halogenated alkanes) is 29. The first-order chi connectivity index (χ1) is 27.5. The first-order valence-electron chi connectivity index (χ1n) is 24.3. The van der Waals surface area contributed by atoms with Crippen molar-refractivity contribution >= 4 is 11.9 Å². The lowest BCUT2D eigenvalue weighted by Crippen LogP contribution is -2.45. The van der Waals surface area contributed by atoms with E-state index in [0.29, 0.717) is 19.4 Å². The third-order valence-electron chi connectivity index (χ3n) is 10.9. The molecule has 3 N–H and O–H groups in total. The van der Waals surface area contributed by atoms with Gasteiger partial charge < -0.3 is 20.3 Å². The number of hydrogen-bond donors (Lipinski definition) is 3. The molecule has 0 aliphatic heterocycles. The zero-order chi connectivity index (χ0) is 40.8. The van der Waals surface area contributed by atoms with Crippen LogP contribution in [0.2, 0.25) is 0 Å². The minimum absolute atomic E-state index is 0.0136. The molecule has 0 saturated carbocycles. The van der Waals surface area contributed by atoms with E-state index in [1.54, 1.807) is 6.08 Å². The van der Waals surface area contributed by atoms with E-state index >= 15 is 0 Å². The summed E-state index contributed by atoms with van der Waals surface area (Å²) in [7, 11) is 0. The molecule has 0 heterocycles. The van der Waals surface area contributed by atoms with Crippen LogP contribution >= 0.6 is 0 Å². The summed E-state index contributed by atoms with van der Waals surface area (Å²) in [5.41, 5.74) is 0. The molecule has 0 aromatic carbocycles. The first-order valence-corrected chi connectivity index (χ1v) is 24.3. The number of carbonyl (C=O) groups excluding carboxylic acids is 2. The summed E-state index contributed by atoms with van der Waals surface area (Å²) < 4.78 is 5.45. The highest BCUT2D eigenvalue weighted by molar-refractivity contribution is 5.76. The van der Waals surface area contributed by atoms with Gasteiger partial charge in [-0.25, -0.2) is 0 Å². The third kappa shape index (κ3) is 41.7. The summed E-state index contributed by atoms with van der Waals surface area (Å²) in [6, 6.07) is -0.638. The number of esters is 1. The molecule has 1 amide bonds. The Morgan fingerprint density at radius 1 is 0.482 bits per heavy atom. The SMILES string of the molecule is CCCCCCC/C=C\CCCCCCCC(=O)OCCCCCCCCC/C=C\CCCCCCCC(=O)NC(CO)C(O)/C=C/CCCCCCCCC. The molecule has 0 aromatic heterocycles. The fourth-order valence-corrected chi connectivity index (χ4v) is 7.09. The van der Waals surface area contributed by atoms with Crippen LogP contribution in [-0.2, 0) is 14.3 Å². The predicted octanol–water partition coefficient (Wildman–Crippen LogP) is 14.1. The number of aliphatic hydroxyl groups excluding tert-OH is 2. The summed E-state index contributed by atoms with van der Waals surface area (Å²) in [6.07, 6.45) is 54.3. The van der Waals surface area contributed by atoms with Crippen LogP contribution in [0.25, 0.3) is 0 Å². The Hall–Kier alpha value is -1.92. The lowest BCUT2D eigenvalue weighted by Gasteiger charge is -2.20. The second-order valence-corrected chi connectivity index (χ2v) is 16.4. The number of carbonyl (C=O) groups is 2. The van der Waals surface area contributed by atoms with Crippen LogP contribution in [0.3, 0.4) is 0 Å². The van der Waals surface area contributed by atoms with Gasteiger partial charge in [0.1, 0.15) is 0 Å². The normalized spacial score (nSPS) is 13.0. The largest absolute Gasteiger partial charge is 0.466 e. The molecule has 0 aliphatic rings. The van der Waals surface area contributed by atoms with Crippen molar-refractivity contribution in [3.05, 3.63) is 36.5 Å². The van der Waals surface area contributed by atoms with Gasteiger partial charge in [-0.2, -0.15) is 0 Å². The van der Waals surface area contributed by atoms with Gasteiger partial charge in [-0.15, -0.1) is 0 Å². The molecule has 0 saturated heterocycles. The third-order valence-corrected chi connectivity index (χ3v) is 10.9. The molecular formula is C50H93NO5. The van der Waals surface area contributed by atoms with Gasteiger partial charge in [-0.1, -0.05) is 185 Å². The second-order valence-electron chi connectivity index (χ2n) is 16.4. The lowest BCUT2D eigenvalue weighted by atomic mass is 10.1. The maximum atomic E-state index is 12.3. The van der Waals surface area contributed by atoms with Crippen molar-refractivity contribution in [3.63, 3.8) is 0 Å². The highest BCUT2D eigenvalue weighted by atomic mass is 16.5. The first kappa shape index (κ1) is 54.1. The molecule has 0 bridgehead atoms. The zero-order valence-corrected chi connectivity index (χ0v) is 37.1. The summed E-state index contributed by atoms with van der Waals surface area (Å²) in [4.78, 5) is 24.3. The Kier molecular flexibility index (Phi) is 44.2. The minimum Gasteiger partial charge on any atom is -0.466 e. The van der Waals surface area contributed by atoms with Crippen LogP contribution in [0.5, 0.6) is 0 Å². The van der Waals surface area contributed by atoms with Crippen molar-refractivity contribution in [3.8, 4) is 0 Å². The average molecular weight is 788 g/mol. The topological polar surface area (TPSA) is 95.9 Å². The van der Waals surface area contributed by atoms with Crippen LogP contribution in [0, 0.1) is 0 Å². The maximum Gasteiger partial charge on any atom is 0.305 e. The van der Waals surface area contributed by atoms with E-state index in [-0.39, 0.29) is 18.5 Å². The van der Waals surface area contributed by atoms with Crippen molar-refractivity contribution in [2.75, 3.05) is 13.2 Å². The van der Waals surface area contributed by atoms with Gasteiger partial charge in [0.25, 0.3) is 0 Å². The maximum absolute atomic E-state index is 12.3. The highest BCUT2D eigenvalue weighted by Gasteiger charge is 2.18. The molecular weight excluding hydrogens is 695 g/mol. The number of aliphatic hydroxyl groups is 2. The van der Waals surface area contributed by atoms with Crippen molar-refractivity contribution in [1.82, 2.24) is 5.32 Å². The molecule has 6 nitrogen and oxygen atoms in total. The van der Waals surface area contributed by atoms with E-state index < -0.39 is 12.1 Å². The van der Waals surface area contributed by atoms with Gasteiger partial charge in [0.15, 0.2) is 0 Å². The zero-order valence-electron chi connectivity index (χ0n) is 37.1. The molecule has 6 heteroatoms. The molecule has 2 atom stereocenters. The highest BCUT2D eigenvalue weighted by Crippen LogP contribution is 2.14. The summed E-state index contributed by atoms with van der Waals surface area (Å²) in [6.45, 7) is 4.82. The number of rotatable bonds is 44. The van der Waals surface area contributed by atoms with E-state index in [2.05, 4.69) is 43.5 Å². The molecule has 0 fully saturated rings. The number of ether oxygens (including phenoxy) is 1.